The van der Waals surface area contributed by atoms with E-state index >= 15 is 0 Å². The Labute approximate surface area is 114 Å². The highest BCUT2D eigenvalue weighted by Gasteiger charge is 2.01. The van der Waals surface area contributed by atoms with Crippen LogP contribution in [-0.2, 0) is 0 Å². The van der Waals surface area contributed by atoms with Crippen LogP contribution in [0.5, 0.6) is 0 Å². The van der Waals surface area contributed by atoms with E-state index < -0.39 is 0 Å². The lowest BCUT2D eigenvalue weighted by Crippen LogP contribution is -1.93. The molecule has 1 aromatic carbocycles. The molecule has 3 nitrogen and oxygen atoms in total. The zero-order valence-electron chi connectivity index (χ0n) is 10.2. The van der Waals surface area contributed by atoms with Gasteiger partial charge in [0.1, 0.15) is 5.82 Å². The van der Waals surface area contributed by atoms with Gasteiger partial charge in [-0.1, -0.05) is 11.8 Å². The van der Waals surface area contributed by atoms with E-state index in [1.807, 2.05) is 6.92 Å². The molecule has 5 heteroatoms. The number of nitrogens with zero attached hydrogens (tertiary/aromatic N) is 2. The number of rotatable bonds is 4. The van der Waals surface area contributed by atoms with Crippen LogP contribution in [0.1, 0.15) is 16.1 Å². The van der Waals surface area contributed by atoms with Crippen LogP contribution < -0.4 is 0 Å². The number of ketones is 1. The van der Waals surface area contributed by atoms with Crippen molar-refractivity contribution in [2.24, 2.45) is 0 Å². The molecule has 0 saturated carbocycles. The molecule has 0 atom stereocenters. The third-order valence-electron chi connectivity index (χ3n) is 2.29. The van der Waals surface area contributed by atoms with Crippen LogP contribution >= 0.6 is 11.8 Å². The Kier molecular flexibility index (Phi) is 4.41. The van der Waals surface area contributed by atoms with Crippen molar-refractivity contribution < 1.29 is 9.18 Å². The number of carbonyl (C=O) groups is 1. The van der Waals surface area contributed by atoms with Crippen molar-refractivity contribution in [2.75, 3.05) is 0 Å². The van der Waals surface area contributed by atoms with E-state index in [0.717, 1.165) is 5.69 Å². The third-order valence-corrected chi connectivity index (χ3v) is 2.97. The molecule has 1 heterocycles. The molecule has 0 saturated heterocycles. The summed E-state index contributed by atoms with van der Waals surface area (Å²) in [5, 5.41) is 2.21. The number of benzene rings is 1. The van der Waals surface area contributed by atoms with Crippen LogP contribution in [0.15, 0.2) is 53.2 Å². The van der Waals surface area contributed by atoms with Crippen LogP contribution in [0, 0.1) is 12.7 Å². The monoisotopic (exact) mass is 274 g/mol. The molecule has 0 amide bonds. The highest BCUT2D eigenvalue weighted by Crippen LogP contribution is 2.14. The lowest BCUT2D eigenvalue weighted by molar-refractivity contribution is 0.104. The number of thioether (sulfide) groups is 1. The second-order valence-electron chi connectivity index (χ2n) is 3.77. The van der Waals surface area contributed by atoms with Crippen molar-refractivity contribution in [2.45, 2.75) is 12.1 Å². The molecule has 0 spiro atoms. The summed E-state index contributed by atoms with van der Waals surface area (Å²) in [5.74, 6) is -0.539. The van der Waals surface area contributed by atoms with E-state index in [1.54, 1.807) is 17.7 Å². The predicted molar refractivity (Wildman–Crippen MR) is 72.5 cm³/mol. The fourth-order valence-corrected chi connectivity index (χ4v) is 1.98. The van der Waals surface area contributed by atoms with Crippen LogP contribution in [0.2, 0.25) is 0 Å². The molecule has 19 heavy (non-hydrogen) atoms. The van der Waals surface area contributed by atoms with Gasteiger partial charge < -0.3 is 0 Å². The summed E-state index contributed by atoms with van der Waals surface area (Å²) in [6.07, 6.45) is 3.09. The summed E-state index contributed by atoms with van der Waals surface area (Å²) < 4.78 is 12.7. The van der Waals surface area contributed by atoms with E-state index in [0.29, 0.717) is 10.7 Å². The van der Waals surface area contributed by atoms with Crippen molar-refractivity contribution in [3.05, 3.63) is 65.1 Å². The van der Waals surface area contributed by atoms with Gasteiger partial charge in [0.2, 0.25) is 0 Å². The summed E-state index contributed by atoms with van der Waals surface area (Å²) >= 11 is 1.26. The number of allylic oxidation sites excluding steroid dienone is 1. The zero-order chi connectivity index (χ0) is 13.7. The molecular weight excluding hydrogens is 263 g/mol. The molecule has 0 radical (unpaired) electrons. The molecule has 0 fully saturated rings. The minimum atomic E-state index is -0.358. The van der Waals surface area contributed by atoms with Gasteiger partial charge >= 0.3 is 0 Å². The summed E-state index contributed by atoms with van der Waals surface area (Å²) in [4.78, 5) is 20.0. The van der Waals surface area contributed by atoms with Gasteiger partial charge in [-0.2, -0.15) is 0 Å². The maximum atomic E-state index is 12.7. The number of carbonyl (C=O) groups excluding carboxylic acids is 1. The maximum Gasteiger partial charge on any atom is 0.192 e. The molecule has 0 aliphatic rings. The fourth-order valence-electron chi connectivity index (χ4n) is 1.35. The minimum absolute atomic E-state index is 0.180. The molecule has 2 rings (SSSR count). The van der Waals surface area contributed by atoms with Gasteiger partial charge in [0, 0.05) is 17.5 Å². The van der Waals surface area contributed by atoms with Gasteiger partial charge in [-0.05, 0) is 48.7 Å². The Morgan fingerprint density at radius 2 is 2.00 bits per heavy atom. The second kappa shape index (κ2) is 6.24. The second-order valence-corrected chi connectivity index (χ2v) is 4.65. The van der Waals surface area contributed by atoms with Crippen molar-refractivity contribution in [1.82, 2.24) is 9.97 Å². The van der Waals surface area contributed by atoms with E-state index in [4.69, 9.17) is 0 Å². The quantitative estimate of drug-likeness (QED) is 0.371. The normalized spacial score (nSPS) is 10.8. The van der Waals surface area contributed by atoms with Crippen LogP contribution in [-0.4, -0.2) is 15.8 Å². The Morgan fingerprint density at radius 3 is 2.68 bits per heavy atom. The largest absolute Gasteiger partial charge is 0.289 e. The van der Waals surface area contributed by atoms with Crippen LogP contribution in [0.4, 0.5) is 4.39 Å². The van der Waals surface area contributed by atoms with E-state index in [-0.39, 0.29) is 11.6 Å². The zero-order valence-corrected chi connectivity index (χ0v) is 11.0. The van der Waals surface area contributed by atoms with Gasteiger partial charge in [-0.3, -0.25) is 4.79 Å². The summed E-state index contributed by atoms with van der Waals surface area (Å²) in [7, 11) is 0. The van der Waals surface area contributed by atoms with E-state index in [2.05, 4.69) is 9.97 Å². The topological polar surface area (TPSA) is 42.9 Å². The Bertz CT molecular complexity index is 611. The van der Waals surface area contributed by atoms with Crippen LogP contribution in [0.25, 0.3) is 0 Å². The molecule has 0 bridgehead atoms. The smallest absolute Gasteiger partial charge is 0.192 e. The first-order valence-electron chi connectivity index (χ1n) is 5.58. The minimum Gasteiger partial charge on any atom is -0.289 e. The SMILES string of the molecule is Cc1ccnc(SC=CC(=O)c2ccc(F)cc2)n1. The number of aromatic nitrogens is 2. The molecule has 0 unspecified atom stereocenters. The molecule has 1 aromatic heterocycles. The van der Waals surface area contributed by atoms with Crippen LogP contribution in [0.3, 0.4) is 0 Å². The number of aryl methyl sites for hydroxylation is 1. The molecule has 2 aromatic rings. The van der Waals surface area contributed by atoms with Gasteiger partial charge in [0.25, 0.3) is 0 Å². The van der Waals surface area contributed by atoms with Crippen molar-refractivity contribution >= 4 is 17.5 Å². The first-order valence-corrected chi connectivity index (χ1v) is 6.46. The third kappa shape index (κ3) is 3.99. The average Bonchev–Trinajstić information content (AvgIpc) is 2.39. The first-order chi connectivity index (χ1) is 9.15. The maximum absolute atomic E-state index is 12.7. The van der Waals surface area contributed by atoms with Crippen molar-refractivity contribution in [1.29, 1.82) is 0 Å². The average molecular weight is 274 g/mol. The van der Waals surface area contributed by atoms with Gasteiger partial charge in [-0.15, -0.1) is 0 Å². The standard InChI is InChI=1S/C14H11FN2OS/c1-10-6-8-16-14(17-10)19-9-7-13(18)11-2-4-12(15)5-3-11/h2-9H,1H3. The predicted octanol–water partition coefficient (Wildman–Crippen LogP) is 3.41. The van der Waals surface area contributed by atoms with Gasteiger partial charge in [0.05, 0.1) is 0 Å². The van der Waals surface area contributed by atoms with Crippen molar-refractivity contribution in [3.8, 4) is 0 Å². The highest BCUT2D eigenvalue weighted by molar-refractivity contribution is 8.02. The molecule has 0 N–H and O–H groups in total. The Morgan fingerprint density at radius 1 is 1.26 bits per heavy atom. The fraction of sp³-hybridized carbons (Fsp3) is 0.0714. The molecule has 0 aliphatic heterocycles. The number of hydrogen-bond donors (Lipinski definition) is 0. The van der Waals surface area contributed by atoms with Gasteiger partial charge in [-0.25, -0.2) is 14.4 Å². The molecule has 96 valence electrons. The van der Waals surface area contributed by atoms with Crippen molar-refractivity contribution in [3.63, 3.8) is 0 Å². The Balaban J connectivity index is 1.99. The Hall–Kier alpha value is -2.01. The first kappa shape index (κ1) is 13.4. The number of halogens is 1. The summed E-state index contributed by atoms with van der Waals surface area (Å²) in [6, 6.07) is 7.24. The highest BCUT2D eigenvalue weighted by atomic mass is 32.2. The van der Waals surface area contributed by atoms with Gasteiger partial charge in [0.15, 0.2) is 10.9 Å². The summed E-state index contributed by atoms with van der Waals surface area (Å²) in [6.45, 7) is 1.87. The van der Waals surface area contributed by atoms with E-state index in [1.165, 1.54) is 42.1 Å². The molecule has 0 aliphatic carbocycles. The summed E-state index contributed by atoms with van der Waals surface area (Å²) in [5.41, 5.74) is 1.32. The van der Waals surface area contributed by atoms with E-state index in [9.17, 15) is 9.18 Å². The lowest BCUT2D eigenvalue weighted by atomic mass is 10.1. The lowest BCUT2D eigenvalue weighted by Gasteiger charge is -1.96. The number of hydrogen-bond acceptors (Lipinski definition) is 4. The molecular formula is C14H11FN2OS.